The Morgan fingerprint density at radius 1 is 1.47 bits per heavy atom. The maximum atomic E-state index is 13.1. The summed E-state index contributed by atoms with van der Waals surface area (Å²) in [6.45, 7) is 4.11. The number of aromatic nitrogens is 2. The van der Waals surface area contributed by atoms with Crippen molar-refractivity contribution < 1.29 is 13.9 Å². The lowest BCUT2D eigenvalue weighted by Gasteiger charge is -2.11. The molecule has 0 saturated heterocycles. The molecule has 1 N–H and O–H groups in total. The van der Waals surface area contributed by atoms with Crippen molar-refractivity contribution in [3.63, 3.8) is 0 Å². The highest BCUT2D eigenvalue weighted by molar-refractivity contribution is 5.80. The smallest absolute Gasteiger partial charge is 0.316 e. The number of ether oxygens (including phenoxy) is 1. The molecule has 2 aromatic rings. The van der Waals surface area contributed by atoms with E-state index in [9.17, 15) is 9.18 Å². The van der Waals surface area contributed by atoms with Crippen LogP contribution in [0.4, 0.5) is 4.39 Å². The summed E-state index contributed by atoms with van der Waals surface area (Å²) in [7, 11) is 0. The fraction of sp³-hybridized carbons (Fsp3) is 0.429. The van der Waals surface area contributed by atoms with Gasteiger partial charge < -0.3 is 9.72 Å². The molecule has 0 fully saturated rings. The Balaban J connectivity index is 2.35. The van der Waals surface area contributed by atoms with E-state index in [1.807, 2.05) is 6.92 Å². The summed E-state index contributed by atoms with van der Waals surface area (Å²) in [6, 6.07) is 4.32. The van der Waals surface area contributed by atoms with Crippen molar-refractivity contribution in [2.24, 2.45) is 0 Å². The number of hydrogen-bond donors (Lipinski definition) is 1. The second kappa shape index (κ2) is 5.82. The van der Waals surface area contributed by atoms with Crippen LogP contribution < -0.4 is 0 Å². The molecular weight excluding hydrogens is 247 g/mol. The van der Waals surface area contributed by atoms with Crippen molar-refractivity contribution in [1.29, 1.82) is 0 Å². The van der Waals surface area contributed by atoms with Gasteiger partial charge in [-0.1, -0.05) is 13.3 Å². The number of esters is 1. The number of hydrogen-bond acceptors (Lipinski definition) is 3. The summed E-state index contributed by atoms with van der Waals surface area (Å²) < 4.78 is 18.2. The first-order valence-corrected chi connectivity index (χ1v) is 6.47. The molecule has 0 amide bonds. The number of carbonyl (C=O) groups is 1. The van der Waals surface area contributed by atoms with Gasteiger partial charge in [0.15, 0.2) is 0 Å². The molecule has 19 heavy (non-hydrogen) atoms. The first kappa shape index (κ1) is 13.5. The molecule has 1 aromatic heterocycles. The third-order valence-corrected chi connectivity index (χ3v) is 2.94. The fourth-order valence-corrected chi connectivity index (χ4v) is 2.06. The lowest BCUT2D eigenvalue weighted by Crippen LogP contribution is -2.17. The number of halogens is 1. The van der Waals surface area contributed by atoms with Crippen LogP contribution in [-0.2, 0) is 9.53 Å². The van der Waals surface area contributed by atoms with Crippen LogP contribution in [0.2, 0.25) is 0 Å². The maximum absolute atomic E-state index is 13.1. The van der Waals surface area contributed by atoms with Crippen LogP contribution in [0.5, 0.6) is 0 Å². The van der Waals surface area contributed by atoms with E-state index >= 15 is 0 Å². The van der Waals surface area contributed by atoms with Gasteiger partial charge in [-0.15, -0.1) is 0 Å². The van der Waals surface area contributed by atoms with Gasteiger partial charge >= 0.3 is 5.97 Å². The van der Waals surface area contributed by atoms with E-state index in [-0.39, 0.29) is 11.8 Å². The van der Waals surface area contributed by atoms with Gasteiger partial charge in [-0.25, -0.2) is 9.37 Å². The summed E-state index contributed by atoms with van der Waals surface area (Å²) in [6.07, 6.45) is 1.50. The number of rotatable bonds is 5. The summed E-state index contributed by atoms with van der Waals surface area (Å²) in [5.74, 6) is -0.490. The standard InChI is InChI=1S/C14H17FN2O2/c1-3-5-10(14(18)19-4-2)13-16-11-7-6-9(15)8-12(11)17-13/h6-8,10H,3-5H2,1-2H3,(H,16,17). The van der Waals surface area contributed by atoms with Gasteiger partial charge in [0.2, 0.25) is 0 Å². The summed E-state index contributed by atoms with van der Waals surface area (Å²) in [4.78, 5) is 19.3. The van der Waals surface area contributed by atoms with Gasteiger partial charge in [0.05, 0.1) is 17.6 Å². The molecule has 0 aliphatic rings. The molecule has 0 radical (unpaired) electrons. The van der Waals surface area contributed by atoms with Gasteiger partial charge in [0.25, 0.3) is 0 Å². The Morgan fingerprint density at radius 3 is 2.95 bits per heavy atom. The number of nitrogens with zero attached hydrogens (tertiary/aromatic N) is 1. The third-order valence-electron chi connectivity index (χ3n) is 2.94. The molecule has 1 atom stereocenters. The normalized spacial score (nSPS) is 12.6. The van der Waals surface area contributed by atoms with Crippen molar-refractivity contribution in [3.05, 3.63) is 29.8 Å². The molecular formula is C14H17FN2O2. The number of carbonyl (C=O) groups excluding carboxylic acids is 1. The van der Waals surface area contributed by atoms with E-state index in [0.29, 0.717) is 29.9 Å². The quantitative estimate of drug-likeness (QED) is 0.844. The maximum Gasteiger partial charge on any atom is 0.316 e. The molecule has 1 aromatic carbocycles. The number of H-pyrrole nitrogens is 1. The zero-order chi connectivity index (χ0) is 13.8. The Kier molecular flexibility index (Phi) is 4.14. The lowest BCUT2D eigenvalue weighted by molar-refractivity contribution is -0.145. The second-order valence-corrected chi connectivity index (χ2v) is 4.38. The second-order valence-electron chi connectivity index (χ2n) is 4.38. The van der Waals surface area contributed by atoms with E-state index < -0.39 is 5.92 Å². The topological polar surface area (TPSA) is 55.0 Å². The summed E-state index contributed by atoms with van der Waals surface area (Å²) in [5, 5.41) is 0. The first-order chi connectivity index (χ1) is 9.15. The van der Waals surface area contributed by atoms with Crippen molar-refractivity contribution in [2.75, 3.05) is 6.61 Å². The molecule has 5 heteroatoms. The molecule has 0 spiro atoms. The van der Waals surface area contributed by atoms with Crippen LogP contribution in [0.1, 0.15) is 38.4 Å². The van der Waals surface area contributed by atoms with Crippen LogP contribution in [0.15, 0.2) is 18.2 Å². The molecule has 0 saturated carbocycles. The van der Waals surface area contributed by atoms with Gasteiger partial charge in [-0.3, -0.25) is 4.79 Å². The zero-order valence-corrected chi connectivity index (χ0v) is 11.1. The number of fused-ring (bicyclic) bond motifs is 1. The van der Waals surface area contributed by atoms with Crippen LogP contribution in [0.3, 0.4) is 0 Å². The van der Waals surface area contributed by atoms with E-state index in [1.165, 1.54) is 12.1 Å². The Labute approximate surface area is 111 Å². The molecule has 1 heterocycles. The fourth-order valence-electron chi connectivity index (χ4n) is 2.06. The molecule has 4 nitrogen and oxygen atoms in total. The molecule has 0 aliphatic carbocycles. The highest BCUT2D eigenvalue weighted by atomic mass is 19.1. The van der Waals surface area contributed by atoms with Crippen molar-refractivity contribution in [1.82, 2.24) is 9.97 Å². The van der Waals surface area contributed by atoms with E-state index in [4.69, 9.17) is 4.74 Å². The van der Waals surface area contributed by atoms with E-state index in [2.05, 4.69) is 9.97 Å². The number of benzene rings is 1. The monoisotopic (exact) mass is 264 g/mol. The van der Waals surface area contributed by atoms with Crippen LogP contribution in [0, 0.1) is 5.82 Å². The van der Waals surface area contributed by atoms with E-state index in [0.717, 1.165) is 6.42 Å². The van der Waals surface area contributed by atoms with Gasteiger partial charge in [-0.05, 0) is 31.5 Å². The first-order valence-electron chi connectivity index (χ1n) is 6.47. The molecule has 2 rings (SSSR count). The predicted molar refractivity (Wildman–Crippen MR) is 70.3 cm³/mol. The van der Waals surface area contributed by atoms with Crippen molar-refractivity contribution in [2.45, 2.75) is 32.6 Å². The zero-order valence-electron chi connectivity index (χ0n) is 11.1. The molecule has 102 valence electrons. The highest BCUT2D eigenvalue weighted by Gasteiger charge is 2.24. The van der Waals surface area contributed by atoms with Gasteiger partial charge in [-0.2, -0.15) is 0 Å². The largest absolute Gasteiger partial charge is 0.465 e. The average Bonchev–Trinajstić information content (AvgIpc) is 2.78. The minimum atomic E-state index is -0.416. The highest BCUT2D eigenvalue weighted by Crippen LogP contribution is 2.23. The van der Waals surface area contributed by atoms with Gasteiger partial charge in [0, 0.05) is 0 Å². The summed E-state index contributed by atoms with van der Waals surface area (Å²) >= 11 is 0. The third kappa shape index (κ3) is 2.92. The lowest BCUT2D eigenvalue weighted by atomic mass is 10.0. The Bertz CT molecular complexity index is 580. The minimum Gasteiger partial charge on any atom is -0.465 e. The molecule has 1 unspecified atom stereocenters. The van der Waals surface area contributed by atoms with Crippen LogP contribution in [-0.4, -0.2) is 22.5 Å². The summed E-state index contributed by atoms with van der Waals surface area (Å²) in [5.41, 5.74) is 1.25. The number of nitrogens with one attached hydrogen (secondary N) is 1. The molecule has 0 aliphatic heterocycles. The van der Waals surface area contributed by atoms with Crippen LogP contribution in [0.25, 0.3) is 11.0 Å². The minimum absolute atomic E-state index is 0.288. The number of aromatic amines is 1. The number of imidazole rings is 1. The van der Waals surface area contributed by atoms with E-state index in [1.54, 1.807) is 13.0 Å². The average molecular weight is 264 g/mol. The van der Waals surface area contributed by atoms with Crippen molar-refractivity contribution in [3.8, 4) is 0 Å². The van der Waals surface area contributed by atoms with Crippen LogP contribution >= 0.6 is 0 Å². The SMILES string of the molecule is CCCC(C(=O)OCC)c1nc2ccc(F)cc2[nH]1. The molecule has 0 bridgehead atoms. The van der Waals surface area contributed by atoms with Gasteiger partial charge in [0.1, 0.15) is 17.6 Å². The Morgan fingerprint density at radius 2 is 2.26 bits per heavy atom. The van der Waals surface area contributed by atoms with Crippen molar-refractivity contribution >= 4 is 17.0 Å². The Hall–Kier alpha value is -1.91. The predicted octanol–water partition coefficient (Wildman–Crippen LogP) is 3.15.